The Balaban J connectivity index is 2.47. The van der Waals surface area contributed by atoms with E-state index >= 15 is 0 Å². The van der Waals surface area contributed by atoms with E-state index in [1.165, 1.54) is 5.12 Å². The normalized spacial score (nSPS) is 16.4. The van der Waals surface area contributed by atoms with E-state index in [1.807, 2.05) is 6.07 Å². The number of hydrogen-bond donors (Lipinski definition) is 2. The number of hydrogen-bond acceptors (Lipinski definition) is 5. The van der Waals surface area contributed by atoms with Crippen LogP contribution in [0.25, 0.3) is 0 Å². The Labute approximate surface area is 63.8 Å². The molecule has 2 rings (SSSR count). The third-order valence-corrected chi connectivity index (χ3v) is 1.54. The first-order valence-corrected chi connectivity index (χ1v) is 3.23. The van der Waals surface area contributed by atoms with Crippen molar-refractivity contribution < 1.29 is 5.21 Å². The summed E-state index contributed by atoms with van der Waals surface area (Å²) in [4.78, 5) is 3.96. The second-order valence-electron chi connectivity index (χ2n) is 2.30. The van der Waals surface area contributed by atoms with E-state index in [9.17, 15) is 5.21 Å². The van der Waals surface area contributed by atoms with Crippen LogP contribution in [0, 0.1) is 0 Å². The SMILES string of the molecule is CN1Nc2cccnc2N1O. The van der Waals surface area contributed by atoms with Crippen molar-refractivity contribution in [3.8, 4) is 0 Å². The van der Waals surface area contributed by atoms with Gasteiger partial charge in [0.2, 0.25) is 0 Å². The van der Waals surface area contributed by atoms with Gasteiger partial charge in [-0.25, -0.2) is 4.98 Å². The highest BCUT2D eigenvalue weighted by Gasteiger charge is 2.22. The molecule has 0 unspecified atom stereocenters. The first-order valence-electron chi connectivity index (χ1n) is 3.23. The first kappa shape index (κ1) is 6.38. The number of nitrogens with one attached hydrogen (secondary N) is 1. The van der Waals surface area contributed by atoms with Gasteiger partial charge in [0.05, 0.1) is 5.69 Å². The number of anilines is 2. The quantitative estimate of drug-likeness (QED) is 0.565. The Morgan fingerprint density at radius 2 is 2.45 bits per heavy atom. The molecule has 11 heavy (non-hydrogen) atoms. The smallest absolute Gasteiger partial charge is 0.197 e. The van der Waals surface area contributed by atoms with Gasteiger partial charge in [-0.05, 0) is 12.1 Å². The van der Waals surface area contributed by atoms with Crippen molar-refractivity contribution in [1.82, 2.24) is 10.1 Å². The summed E-state index contributed by atoms with van der Waals surface area (Å²) >= 11 is 0. The summed E-state index contributed by atoms with van der Waals surface area (Å²) in [7, 11) is 1.70. The molecule has 0 fully saturated rings. The fourth-order valence-electron chi connectivity index (χ4n) is 1.01. The third kappa shape index (κ3) is 0.821. The van der Waals surface area contributed by atoms with Crippen molar-refractivity contribution in [3.63, 3.8) is 0 Å². The second-order valence-corrected chi connectivity index (χ2v) is 2.30. The van der Waals surface area contributed by atoms with E-state index in [0.29, 0.717) is 5.82 Å². The lowest BCUT2D eigenvalue weighted by molar-refractivity contribution is 0.118. The summed E-state index contributed by atoms with van der Waals surface area (Å²) < 4.78 is 0. The van der Waals surface area contributed by atoms with Gasteiger partial charge < -0.3 is 0 Å². The molecule has 1 aromatic heterocycles. The summed E-state index contributed by atoms with van der Waals surface area (Å²) in [5.74, 6) is 0.523. The fourth-order valence-corrected chi connectivity index (χ4v) is 1.01. The van der Waals surface area contributed by atoms with Crippen LogP contribution in [0.4, 0.5) is 11.5 Å². The highest BCUT2D eigenvalue weighted by Crippen LogP contribution is 2.27. The van der Waals surface area contributed by atoms with Gasteiger partial charge in [-0.3, -0.25) is 10.6 Å². The fraction of sp³-hybridized carbons (Fsp3) is 0.167. The topological polar surface area (TPSA) is 51.6 Å². The van der Waals surface area contributed by atoms with Crippen molar-refractivity contribution in [2.24, 2.45) is 0 Å². The van der Waals surface area contributed by atoms with Crippen LogP contribution in [0.5, 0.6) is 0 Å². The van der Waals surface area contributed by atoms with Crippen molar-refractivity contribution in [2.45, 2.75) is 0 Å². The number of pyridine rings is 1. The van der Waals surface area contributed by atoms with Crippen molar-refractivity contribution in [1.29, 1.82) is 0 Å². The van der Waals surface area contributed by atoms with Gasteiger partial charge in [0.15, 0.2) is 5.82 Å². The third-order valence-electron chi connectivity index (χ3n) is 1.54. The van der Waals surface area contributed by atoms with Gasteiger partial charge in [-0.1, -0.05) is 0 Å². The average Bonchev–Trinajstić information content (AvgIpc) is 2.30. The van der Waals surface area contributed by atoms with Gasteiger partial charge in [-0.2, -0.15) is 0 Å². The number of fused-ring (bicyclic) bond motifs is 1. The second kappa shape index (κ2) is 2.08. The van der Waals surface area contributed by atoms with Gasteiger partial charge in [0.25, 0.3) is 0 Å². The molecule has 5 heteroatoms. The molecule has 0 atom stereocenters. The van der Waals surface area contributed by atoms with Gasteiger partial charge in [0, 0.05) is 13.2 Å². The molecule has 0 amide bonds. The van der Waals surface area contributed by atoms with E-state index in [-0.39, 0.29) is 0 Å². The Kier molecular flexibility index (Phi) is 1.21. The van der Waals surface area contributed by atoms with Crippen molar-refractivity contribution in [3.05, 3.63) is 18.3 Å². The van der Waals surface area contributed by atoms with Gasteiger partial charge >= 0.3 is 0 Å². The number of aromatic nitrogens is 1. The lowest BCUT2D eigenvalue weighted by Gasteiger charge is -2.15. The molecule has 0 saturated heterocycles. The van der Waals surface area contributed by atoms with Crippen LogP contribution in [-0.4, -0.2) is 22.4 Å². The molecule has 1 aliphatic rings. The summed E-state index contributed by atoms with van der Waals surface area (Å²) in [5.41, 5.74) is 3.70. The number of hydrazine groups is 2. The number of rotatable bonds is 0. The average molecular weight is 152 g/mol. The molecule has 0 saturated carbocycles. The molecular formula is C6H8N4O. The Morgan fingerprint density at radius 1 is 1.64 bits per heavy atom. The summed E-state index contributed by atoms with van der Waals surface area (Å²) in [6.07, 6.45) is 1.63. The van der Waals surface area contributed by atoms with Crippen molar-refractivity contribution >= 4 is 11.5 Å². The lowest BCUT2D eigenvalue weighted by atomic mass is 10.4. The highest BCUT2D eigenvalue weighted by molar-refractivity contribution is 5.66. The molecule has 1 aromatic rings. The molecule has 2 N–H and O–H groups in total. The van der Waals surface area contributed by atoms with E-state index in [0.717, 1.165) is 10.9 Å². The van der Waals surface area contributed by atoms with E-state index < -0.39 is 0 Å². The zero-order valence-corrected chi connectivity index (χ0v) is 6.02. The summed E-state index contributed by atoms with van der Waals surface area (Å²) in [6, 6.07) is 3.65. The molecule has 0 bridgehead atoms. The minimum absolute atomic E-state index is 0.523. The standard InChI is InChI=1S/C6H8N4O/c1-9-8-5-3-2-4-7-6(5)10(9)11/h2-4,8,11H,1H3. The molecule has 0 aliphatic carbocycles. The largest absolute Gasteiger partial charge is 0.296 e. The van der Waals surface area contributed by atoms with E-state index in [4.69, 9.17) is 0 Å². The van der Waals surface area contributed by atoms with Crippen LogP contribution < -0.4 is 10.6 Å². The summed E-state index contributed by atoms with van der Waals surface area (Å²) in [6.45, 7) is 0. The van der Waals surface area contributed by atoms with Gasteiger partial charge in [-0.15, -0.1) is 10.3 Å². The molecular weight excluding hydrogens is 144 g/mol. The van der Waals surface area contributed by atoms with Crippen LogP contribution >= 0.6 is 0 Å². The zero-order chi connectivity index (χ0) is 7.84. The minimum atomic E-state index is 0.523. The Hall–Kier alpha value is -1.33. The van der Waals surface area contributed by atoms with Crippen molar-refractivity contribution in [2.75, 3.05) is 17.6 Å². The molecule has 5 nitrogen and oxygen atoms in total. The maximum absolute atomic E-state index is 9.28. The Bertz CT molecular complexity index is 277. The predicted molar refractivity (Wildman–Crippen MR) is 39.9 cm³/mol. The summed E-state index contributed by atoms with van der Waals surface area (Å²) in [5, 5.41) is 11.7. The van der Waals surface area contributed by atoms with E-state index in [1.54, 1.807) is 19.3 Å². The predicted octanol–water partition coefficient (Wildman–Crippen LogP) is 0.465. The van der Waals surface area contributed by atoms with Crippen LogP contribution in [0.3, 0.4) is 0 Å². The molecule has 0 aromatic carbocycles. The molecule has 2 heterocycles. The molecule has 0 radical (unpaired) electrons. The highest BCUT2D eigenvalue weighted by atomic mass is 16.6. The lowest BCUT2D eigenvalue weighted by Crippen LogP contribution is -2.35. The van der Waals surface area contributed by atoms with E-state index in [2.05, 4.69) is 10.4 Å². The Morgan fingerprint density at radius 3 is 3.18 bits per heavy atom. The maximum atomic E-state index is 9.28. The maximum Gasteiger partial charge on any atom is 0.197 e. The first-order chi connectivity index (χ1) is 5.29. The monoisotopic (exact) mass is 152 g/mol. The zero-order valence-electron chi connectivity index (χ0n) is 6.02. The molecule has 1 aliphatic heterocycles. The van der Waals surface area contributed by atoms with Gasteiger partial charge in [0.1, 0.15) is 0 Å². The molecule has 58 valence electrons. The van der Waals surface area contributed by atoms with Crippen LogP contribution in [-0.2, 0) is 0 Å². The number of nitrogens with zero attached hydrogens (tertiary/aromatic N) is 3. The van der Waals surface area contributed by atoms with Crippen LogP contribution in [0.2, 0.25) is 0 Å². The van der Waals surface area contributed by atoms with Crippen LogP contribution in [0.15, 0.2) is 18.3 Å². The van der Waals surface area contributed by atoms with Crippen LogP contribution in [0.1, 0.15) is 0 Å². The minimum Gasteiger partial charge on any atom is -0.296 e. The molecule has 0 spiro atoms.